The van der Waals surface area contributed by atoms with Crippen molar-refractivity contribution >= 4 is 29.3 Å². The maximum Gasteiger partial charge on any atom is 0.331 e. The van der Waals surface area contributed by atoms with Crippen molar-refractivity contribution in [3.63, 3.8) is 0 Å². The number of carbonyl (C=O) groups excluding carboxylic acids is 2. The highest BCUT2D eigenvalue weighted by atomic mass is 16.6. The predicted octanol–water partition coefficient (Wildman–Crippen LogP) is 4.30. The minimum atomic E-state index is -0.711. The van der Waals surface area contributed by atoms with Crippen LogP contribution in [0.2, 0.25) is 0 Å². The molecule has 7 heteroatoms. The van der Waals surface area contributed by atoms with Crippen LogP contribution < -0.4 is 5.32 Å². The number of carbonyl (C=O) groups is 2. The van der Waals surface area contributed by atoms with E-state index in [9.17, 15) is 19.7 Å². The van der Waals surface area contributed by atoms with E-state index >= 15 is 0 Å². The Labute approximate surface area is 163 Å². The molecule has 0 heterocycles. The highest BCUT2D eigenvalue weighted by Gasteiger charge is 2.12. The maximum atomic E-state index is 12.1. The van der Waals surface area contributed by atoms with Gasteiger partial charge in [-0.25, -0.2) is 4.79 Å². The number of rotatable bonds is 8. The van der Waals surface area contributed by atoms with Crippen molar-refractivity contribution in [2.75, 3.05) is 11.9 Å². The smallest absolute Gasteiger partial charge is 0.331 e. The Kier molecular flexibility index (Phi) is 7.45. The summed E-state index contributed by atoms with van der Waals surface area (Å²) >= 11 is 0. The van der Waals surface area contributed by atoms with Crippen molar-refractivity contribution in [2.24, 2.45) is 0 Å². The molecule has 0 aromatic heterocycles. The molecule has 1 amide bonds. The largest absolute Gasteiger partial charge is 0.452 e. The maximum absolute atomic E-state index is 12.1. The van der Waals surface area contributed by atoms with Gasteiger partial charge in [0.15, 0.2) is 6.61 Å². The average Bonchev–Trinajstić information content (AvgIpc) is 2.70. The standard InChI is InChI=1S/C21H22N2O5/c1-3-15(2)18-9-4-5-10-19(18)22-20(24)14-28-21(25)12-11-16-7-6-8-17(13-16)23(26)27/h4-13,15H,3,14H2,1-2H3,(H,22,24)/b12-11+/t15-/m1/s1. The molecule has 0 bridgehead atoms. The molecule has 0 saturated heterocycles. The first-order valence-electron chi connectivity index (χ1n) is 8.88. The summed E-state index contributed by atoms with van der Waals surface area (Å²) < 4.78 is 4.93. The monoisotopic (exact) mass is 382 g/mol. The zero-order valence-electron chi connectivity index (χ0n) is 15.8. The number of nitrogens with zero attached hydrogens (tertiary/aromatic N) is 1. The Morgan fingerprint density at radius 1 is 1.21 bits per heavy atom. The van der Waals surface area contributed by atoms with E-state index in [1.807, 2.05) is 24.3 Å². The van der Waals surface area contributed by atoms with Crippen molar-refractivity contribution < 1.29 is 19.2 Å². The van der Waals surface area contributed by atoms with E-state index in [4.69, 9.17) is 4.74 Å². The van der Waals surface area contributed by atoms with Gasteiger partial charge in [-0.1, -0.05) is 44.2 Å². The molecule has 7 nitrogen and oxygen atoms in total. The van der Waals surface area contributed by atoms with Crippen molar-refractivity contribution in [2.45, 2.75) is 26.2 Å². The number of nitrogens with one attached hydrogen (secondary N) is 1. The van der Waals surface area contributed by atoms with E-state index in [0.717, 1.165) is 18.1 Å². The lowest BCUT2D eigenvalue weighted by molar-refractivity contribution is -0.384. The SMILES string of the molecule is CC[C@@H](C)c1ccccc1NC(=O)COC(=O)/C=C/c1cccc([N+](=O)[O-])c1. The second kappa shape index (κ2) is 10.0. The molecule has 0 aliphatic carbocycles. The van der Waals surface area contributed by atoms with Crippen LogP contribution in [0.4, 0.5) is 11.4 Å². The molecule has 1 atom stereocenters. The van der Waals surface area contributed by atoms with Gasteiger partial charge >= 0.3 is 5.97 Å². The van der Waals surface area contributed by atoms with Crippen LogP contribution in [0.1, 0.15) is 37.3 Å². The predicted molar refractivity (Wildman–Crippen MR) is 107 cm³/mol. The molecular formula is C21H22N2O5. The van der Waals surface area contributed by atoms with Gasteiger partial charge in [0, 0.05) is 23.9 Å². The molecule has 2 aromatic carbocycles. The third-order valence-corrected chi connectivity index (χ3v) is 4.22. The number of esters is 1. The summed E-state index contributed by atoms with van der Waals surface area (Å²) in [6, 6.07) is 13.3. The Morgan fingerprint density at radius 3 is 2.68 bits per heavy atom. The highest BCUT2D eigenvalue weighted by molar-refractivity contribution is 5.95. The number of para-hydroxylation sites is 1. The van der Waals surface area contributed by atoms with Crippen LogP contribution in [0, 0.1) is 10.1 Å². The first kappa shape index (κ1) is 20.8. The fourth-order valence-electron chi connectivity index (χ4n) is 2.54. The van der Waals surface area contributed by atoms with Gasteiger partial charge in [-0.2, -0.15) is 0 Å². The number of hydrogen-bond donors (Lipinski definition) is 1. The Hall–Kier alpha value is -3.48. The van der Waals surface area contributed by atoms with Gasteiger partial charge in [-0.05, 0) is 35.6 Å². The van der Waals surface area contributed by atoms with Crippen LogP contribution in [0.5, 0.6) is 0 Å². The fourth-order valence-corrected chi connectivity index (χ4v) is 2.54. The molecule has 0 fully saturated rings. The number of benzene rings is 2. The average molecular weight is 382 g/mol. The number of nitro benzene ring substituents is 1. The van der Waals surface area contributed by atoms with E-state index < -0.39 is 23.4 Å². The van der Waals surface area contributed by atoms with Crippen LogP contribution in [0.25, 0.3) is 6.08 Å². The summed E-state index contributed by atoms with van der Waals surface area (Å²) in [7, 11) is 0. The molecule has 146 valence electrons. The Balaban J connectivity index is 1.90. The number of amides is 1. The summed E-state index contributed by atoms with van der Waals surface area (Å²) in [6.07, 6.45) is 3.45. The number of hydrogen-bond acceptors (Lipinski definition) is 5. The van der Waals surface area contributed by atoms with Gasteiger partial charge in [0.2, 0.25) is 0 Å². The molecular weight excluding hydrogens is 360 g/mol. The number of non-ortho nitro benzene ring substituents is 1. The Morgan fingerprint density at radius 2 is 1.96 bits per heavy atom. The highest BCUT2D eigenvalue weighted by Crippen LogP contribution is 2.26. The van der Waals surface area contributed by atoms with Crippen LogP contribution in [0.3, 0.4) is 0 Å². The van der Waals surface area contributed by atoms with Gasteiger partial charge in [0.1, 0.15) is 0 Å². The molecule has 2 rings (SSSR count). The molecule has 0 spiro atoms. The van der Waals surface area contributed by atoms with E-state index in [1.165, 1.54) is 24.3 Å². The topological polar surface area (TPSA) is 98.5 Å². The lowest BCUT2D eigenvalue weighted by Gasteiger charge is -2.15. The van der Waals surface area contributed by atoms with Crippen molar-refractivity contribution in [3.05, 3.63) is 75.8 Å². The quantitative estimate of drug-likeness (QED) is 0.318. The zero-order chi connectivity index (χ0) is 20.5. The van der Waals surface area contributed by atoms with E-state index in [0.29, 0.717) is 11.3 Å². The van der Waals surface area contributed by atoms with Crippen LogP contribution in [0.15, 0.2) is 54.6 Å². The number of nitro groups is 1. The van der Waals surface area contributed by atoms with Crippen LogP contribution >= 0.6 is 0 Å². The summed E-state index contributed by atoms with van der Waals surface area (Å²) in [5.74, 6) is -0.860. The van der Waals surface area contributed by atoms with Gasteiger partial charge in [-0.3, -0.25) is 14.9 Å². The third kappa shape index (κ3) is 6.05. The van der Waals surface area contributed by atoms with E-state index in [2.05, 4.69) is 19.2 Å². The molecule has 1 N–H and O–H groups in total. The van der Waals surface area contributed by atoms with Crippen LogP contribution in [-0.2, 0) is 14.3 Å². The number of anilines is 1. The summed E-state index contributed by atoms with van der Waals surface area (Å²) in [6.45, 7) is 3.72. The van der Waals surface area contributed by atoms with Crippen molar-refractivity contribution in [3.8, 4) is 0 Å². The first-order chi connectivity index (χ1) is 13.4. The molecule has 0 aliphatic rings. The lowest BCUT2D eigenvalue weighted by atomic mass is 9.97. The summed E-state index contributed by atoms with van der Waals surface area (Å²) in [5.41, 5.74) is 2.13. The zero-order valence-corrected chi connectivity index (χ0v) is 15.8. The second-order valence-corrected chi connectivity index (χ2v) is 6.24. The van der Waals surface area contributed by atoms with Crippen molar-refractivity contribution in [1.29, 1.82) is 0 Å². The first-order valence-corrected chi connectivity index (χ1v) is 8.88. The van der Waals surface area contributed by atoms with Crippen LogP contribution in [-0.4, -0.2) is 23.4 Å². The Bertz CT molecular complexity index is 892. The normalized spacial score (nSPS) is 11.8. The molecule has 0 saturated carbocycles. The summed E-state index contributed by atoms with van der Waals surface area (Å²) in [5, 5.41) is 13.5. The second-order valence-electron chi connectivity index (χ2n) is 6.24. The molecule has 2 aromatic rings. The molecule has 0 unspecified atom stereocenters. The lowest BCUT2D eigenvalue weighted by Crippen LogP contribution is -2.21. The van der Waals surface area contributed by atoms with Gasteiger partial charge in [0.25, 0.3) is 11.6 Å². The summed E-state index contributed by atoms with van der Waals surface area (Å²) in [4.78, 5) is 34.1. The van der Waals surface area contributed by atoms with Gasteiger partial charge in [-0.15, -0.1) is 0 Å². The number of ether oxygens (including phenoxy) is 1. The van der Waals surface area contributed by atoms with Gasteiger partial charge in [0.05, 0.1) is 4.92 Å². The third-order valence-electron chi connectivity index (χ3n) is 4.22. The van der Waals surface area contributed by atoms with E-state index in [-0.39, 0.29) is 11.6 Å². The fraction of sp³-hybridized carbons (Fsp3) is 0.238. The minimum absolute atomic E-state index is 0.0742. The minimum Gasteiger partial charge on any atom is -0.452 e. The van der Waals surface area contributed by atoms with Crippen molar-refractivity contribution in [1.82, 2.24) is 0 Å². The molecule has 0 radical (unpaired) electrons. The van der Waals surface area contributed by atoms with Gasteiger partial charge < -0.3 is 10.1 Å². The van der Waals surface area contributed by atoms with E-state index in [1.54, 1.807) is 6.07 Å². The molecule has 0 aliphatic heterocycles. The molecule has 28 heavy (non-hydrogen) atoms.